The van der Waals surface area contributed by atoms with Crippen molar-refractivity contribution in [3.8, 4) is 0 Å². The normalized spacial score (nSPS) is 15.5. The number of carbonyl (C=O) groups excluding carboxylic acids is 1. The Morgan fingerprint density at radius 3 is 2.64 bits per heavy atom. The summed E-state index contributed by atoms with van der Waals surface area (Å²) in [6, 6.07) is 0. The molecule has 0 bridgehead atoms. The van der Waals surface area contributed by atoms with Crippen LogP contribution in [0.1, 0.15) is 0 Å². The van der Waals surface area contributed by atoms with E-state index in [2.05, 4.69) is 4.98 Å². The molecule has 0 spiro atoms. The first-order valence-corrected chi connectivity index (χ1v) is 8.12. The largest absolute Gasteiger partial charge is 0.339 e. The molecule has 0 atom stereocenters. The van der Waals surface area contributed by atoms with E-state index in [0.717, 1.165) is 16.1 Å². The van der Waals surface area contributed by atoms with Crippen LogP contribution in [0.25, 0.3) is 11.2 Å². The highest BCUT2D eigenvalue weighted by molar-refractivity contribution is 7.99. The van der Waals surface area contributed by atoms with Crippen molar-refractivity contribution in [2.24, 2.45) is 14.1 Å². The highest BCUT2D eigenvalue weighted by Gasteiger charge is 2.21. The van der Waals surface area contributed by atoms with Gasteiger partial charge in [0.25, 0.3) is 5.56 Å². The molecule has 3 rings (SSSR count). The minimum absolute atomic E-state index is 0.194. The molecule has 1 saturated heterocycles. The maximum absolute atomic E-state index is 12.5. The van der Waals surface area contributed by atoms with Gasteiger partial charge in [-0.15, -0.1) is 0 Å². The van der Waals surface area contributed by atoms with E-state index in [-0.39, 0.29) is 12.5 Å². The summed E-state index contributed by atoms with van der Waals surface area (Å²) in [6.45, 7) is 1.09. The molecule has 1 amide bonds. The Kier molecular flexibility index (Phi) is 3.81. The van der Waals surface area contributed by atoms with Gasteiger partial charge >= 0.3 is 5.69 Å². The number of rotatable bonds is 2. The molecule has 9 heteroatoms. The zero-order valence-corrected chi connectivity index (χ0v) is 13.3. The van der Waals surface area contributed by atoms with E-state index >= 15 is 0 Å². The first-order chi connectivity index (χ1) is 10.5. The van der Waals surface area contributed by atoms with Crippen LogP contribution < -0.4 is 11.2 Å². The molecule has 0 radical (unpaired) electrons. The third-order valence-electron chi connectivity index (χ3n) is 3.86. The number of aryl methyl sites for hydroxylation is 2. The third-order valence-corrected chi connectivity index (χ3v) is 4.80. The Morgan fingerprint density at radius 2 is 1.95 bits per heavy atom. The van der Waals surface area contributed by atoms with Gasteiger partial charge in [-0.05, 0) is 0 Å². The molecule has 0 N–H and O–H groups in total. The Hall–Kier alpha value is -2.03. The van der Waals surface area contributed by atoms with E-state index in [1.54, 1.807) is 35.3 Å². The van der Waals surface area contributed by atoms with Gasteiger partial charge in [0, 0.05) is 38.7 Å². The molecule has 118 valence electrons. The summed E-state index contributed by atoms with van der Waals surface area (Å²) in [5.41, 5.74) is -0.339. The van der Waals surface area contributed by atoms with Gasteiger partial charge in [0.2, 0.25) is 5.91 Å². The number of fused-ring (bicyclic) bond motifs is 1. The Labute approximate surface area is 130 Å². The van der Waals surface area contributed by atoms with Crippen LogP contribution in [0.4, 0.5) is 0 Å². The lowest BCUT2D eigenvalue weighted by molar-refractivity contribution is -0.131. The summed E-state index contributed by atoms with van der Waals surface area (Å²) in [5, 5.41) is 0. The number of imidazole rings is 1. The molecule has 3 heterocycles. The van der Waals surface area contributed by atoms with Crippen molar-refractivity contribution < 1.29 is 4.79 Å². The second-order valence-electron chi connectivity index (χ2n) is 5.25. The molecule has 1 aliphatic rings. The summed E-state index contributed by atoms with van der Waals surface area (Å²) in [6.07, 6.45) is 1.49. The molecular weight excluding hydrogens is 306 g/mol. The zero-order chi connectivity index (χ0) is 15.9. The lowest BCUT2D eigenvalue weighted by Gasteiger charge is -2.26. The van der Waals surface area contributed by atoms with E-state index in [1.165, 1.54) is 10.9 Å². The van der Waals surface area contributed by atoms with E-state index < -0.39 is 11.2 Å². The zero-order valence-electron chi connectivity index (χ0n) is 12.5. The van der Waals surface area contributed by atoms with Gasteiger partial charge in [0.15, 0.2) is 11.2 Å². The fraction of sp³-hybridized carbons (Fsp3) is 0.538. The Balaban J connectivity index is 2.03. The number of hydrogen-bond acceptors (Lipinski definition) is 5. The van der Waals surface area contributed by atoms with Crippen molar-refractivity contribution >= 4 is 28.8 Å². The number of hydrogen-bond donors (Lipinski definition) is 0. The van der Waals surface area contributed by atoms with Crippen LogP contribution in [0.15, 0.2) is 15.9 Å². The van der Waals surface area contributed by atoms with Crippen molar-refractivity contribution in [2.75, 3.05) is 24.6 Å². The van der Waals surface area contributed by atoms with Crippen molar-refractivity contribution in [1.82, 2.24) is 23.6 Å². The monoisotopic (exact) mass is 323 g/mol. The number of thioether (sulfide) groups is 1. The second-order valence-corrected chi connectivity index (χ2v) is 6.48. The SMILES string of the molecule is Cn1cnc2c1c(=O)n(CC(=O)N1CCSCC1)c(=O)n2C. The summed E-state index contributed by atoms with van der Waals surface area (Å²) >= 11 is 1.80. The standard InChI is InChI=1S/C13H17N5O3S/c1-15-8-14-11-10(15)12(20)18(13(21)16(11)2)7-9(19)17-3-5-22-6-4-17/h8H,3-7H2,1-2H3. The van der Waals surface area contributed by atoms with E-state index in [4.69, 9.17) is 0 Å². The highest BCUT2D eigenvalue weighted by atomic mass is 32.2. The van der Waals surface area contributed by atoms with Gasteiger partial charge < -0.3 is 9.47 Å². The van der Waals surface area contributed by atoms with Crippen molar-refractivity contribution in [3.63, 3.8) is 0 Å². The van der Waals surface area contributed by atoms with Crippen molar-refractivity contribution in [1.29, 1.82) is 0 Å². The number of amides is 1. The quantitative estimate of drug-likeness (QED) is 0.709. The first kappa shape index (κ1) is 14.9. The molecule has 1 fully saturated rings. The number of nitrogens with zero attached hydrogens (tertiary/aromatic N) is 5. The van der Waals surface area contributed by atoms with Gasteiger partial charge in [0.1, 0.15) is 6.54 Å². The van der Waals surface area contributed by atoms with E-state index in [9.17, 15) is 14.4 Å². The molecule has 0 saturated carbocycles. The van der Waals surface area contributed by atoms with Crippen molar-refractivity contribution in [2.45, 2.75) is 6.54 Å². The molecule has 0 aliphatic carbocycles. The van der Waals surface area contributed by atoms with E-state index in [0.29, 0.717) is 24.3 Å². The molecular formula is C13H17N5O3S. The maximum Gasteiger partial charge on any atom is 0.332 e. The fourth-order valence-corrected chi connectivity index (χ4v) is 3.49. The third kappa shape index (κ3) is 2.35. The van der Waals surface area contributed by atoms with E-state index in [1.807, 2.05) is 0 Å². The highest BCUT2D eigenvalue weighted by Crippen LogP contribution is 2.09. The second kappa shape index (κ2) is 5.64. The number of carbonyl (C=O) groups is 1. The predicted octanol–water partition coefficient (Wildman–Crippen LogP) is -0.991. The predicted molar refractivity (Wildman–Crippen MR) is 84.1 cm³/mol. The van der Waals surface area contributed by atoms with Crippen LogP contribution >= 0.6 is 11.8 Å². The lowest BCUT2D eigenvalue weighted by atomic mass is 10.4. The minimum atomic E-state index is -0.518. The fourth-order valence-electron chi connectivity index (χ4n) is 2.58. The van der Waals surface area contributed by atoms with Gasteiger partial charge in [-0.25, -0.2) is 14.3 Å². The molecule has 22 heavy (non-hydrogen) atoms. The average molecular weight is 323 g/mol. The molecule has 8 nitrogen and oxygen atoms in total. The summed E-state index contributed by atoms with van der Waals surface area (Å²) in [5.74, 6) is 1.58. The lowest BCUT2D eigenvalue weighted by Crippen LogP contribution is -2.46. The topological polar surface area (TPSA) is 82.1 Å². The maximum atomic E-state index is 12.5. The van der Waals surface area contributed by atoms with Crippen LogP contribution in [0, 0.1) is 0 Å². The van der Waals surface area contributed by atoms with Crippen LogP contribution in [-0.4, -0.2) is 54.1 Å². The smallest absolute Gasteiger partial charge is 0.332 e. The average Bonchev–Trinajstić information content (AvgIpc) is 2.92. The molecule has 0 unspecified atom stereocenters. The van der Waals surface area contributed by atoms with Crippen LogP contribution in [0.3, 0.4) is 0 Å². The molecule has 2 aromatic heterocycles. The van der Waals surface area contributed by atoms with Gasteiger partial charge in [-0.3, -0.25) is 14.2 Å². The summed E-state index contributed by atoms with van der Waals surface area (Å²) in [7, 11) is 3.24. The molecule has 2 aromatic rings. The van der Waals surface area contributed by atoms with Gasteiger partial charge in [-0.1, -0.05) is 0 Å². The first-order valence-electron chi connectivity index (χ1n) is 6.97. The van der Waals surface area contributed by atoms with Gasteiger partial charge in [-0.2, -0.15) is 11.8 Å². The Bertz CT molecular complexity index is 844. The minimum Gasteiger partial charge on any atom is -0.339 e. The molecule has 0 aromatic carbocycles. The van der Waals surface area contributed by atoms with Crippen LogP contribution in [0.2, 0.25) is 0 Å². The Morgan fingerprint density at radius 1 is 1.27 bits per heavy atom. The van der Waals surface area contributed by atoms with Crippen LogP contribution in [0.5, 0.6) is 0 Å². The molecule has 1 aliphatic heterocycles. The van der Waals surface area contributed by atoms with Crippen molar-refractivity contribution in [3.05, 3.63) is 27.2 Å². The van der Waals surface area contributed by atoms with Crippen LogP contribution in [-0.2, 0) is 25.4 Å². The summed E-state index contributed by atoms with van der Waals surface area (Å²) in [4.78, 5) is 42.9. The summed E-state index contributed by atoms with van der Waals surface area (Å²) < 4.78 is 3.86. The van der Waals surface area contributed by atoms with Gasteiger partial charge in [0.05, 0.1) is 6.33 Å². The number of aromatic nitrogens is 4.